The topological polar surface area (TPSA) is 54.2 Å². The van der Waals surface area contributed by atoms with Crippen molar-refractivity contribution >= 4 is 5.95 Å². The van der Waals surface area contributed by atoms with Crippen LogP contribution in [0.15, 0.2) is 4.52 Å². The summed E-state index contributed by atoms with van der Waals surface area (Å²) in [6, 6.07) is 0.453. The summed E-state index contributed by atoms with van der Waals surface area (Å²) >= 11 is 0. The zero-order chi connectivity index (χ0) is 14.2. The molecule has 0 radical (unpaired) electrons. The molecule has 1 aromatic rings. The number of anilines is 1. The fourth-order valence-corrected chi connectivity index (χ4v) is 2.74. The van der Waals surface area contributed by atoms with Gasteiger partial charge in [0.15, 0.2) is 0 Å². The highest BCUT2D eigenvalue weighted by atomic mass is 16.5. The molecule has 0 amide bonds. The molecule has 5 heteroatoms. The lowest BCUT2D eigenvalue weighted by Crippen LogP contribution is -2.32. The number of aromatic nitrogens is 2. The Morgan fingerprint density at radius 3 is 2.70 bits per heavy atom. The van der Waals surface area contributed by atoms with E-state index in [2.05, 4.69) is 34.2 Å². The average molecular weight is 280 g/mol. The fraction of sp³-hybridized carbons (Fsp3) is 0.867. The first kappa shape index (κ1) is 15.3. The van der Waals surface area contributed by atoms with Crippen molar-refractivity contribution in [3.63, 3.8) is 0 Å². The molecule has 0 bridgehead atoms. The molecule has 1 atom stereocenters. The highest BCUT2D eigenvalue weighted by Gasteiger charge is 2.18. The molecule has 0 aliphatic carbocycles. The highest BCUT2D eigenvalue weighted by Crippen LogP contribution is 2.17. The van der Waals surface area contributed by atoms with Gasteiger partial charge in [-0.2, -0.15) is 4.98 Å². The summed E-state index contributed by atoms with van der Waals surface area (Å²) in [7, 11) is 0. The van der Waals surface area contributed by atoms with Crippen LogP contribution in [0.4, 0.5) is 5.95 Å². The molecule has 0 saturated carbocycles. The summed E-state index contributed by atoms with van der Waals surface area (Å²) in [4.78, 5) is 6.81. The fourth-order valence-electron chi connectivity index (χ4n) is 2.74. The van der Waals surface area contributed by atoms with Gasteiger partial charge in [0.25, 0.3) is 5.95 Å². The van der Waals surface area contributed by atoms with Gasteiger partial charge in [0.1, 0.15) is 0 Å². The molecule has 1 N–H and O–H groups in total. The predicted molar refractivity (Wildman–Crippen MR) is 81.1 cm³/mol. The minimum Gasteiger partial charge on any atom is -0.338 e. The van der Waals surface area contributed by atoms with Crippen LogP contribution in [0.3, 0.4) is 0 Å². The van der Waals surface area contributed by atoms with E-state index in [1.807, 2.05) is 0 Å². The van der Waals surface area contributed by atoms with Gasteiger partial charge in [0.2, 0.25) is 5.89 Å². The second-order valence-electron chi connectivity index (χ2n) is 5.68. The Kier molecular flexibility index (Phi) is 6.30. The lowest BCUT2D eigenvalue weighted by Gasteiger charge is -2.24. The van der Waals surface area contributed by atoms with Crippen LogP contribution in [0, 0.1) is 0 Å². The minimum absolute atomic E-state index is 0.453. The highest BCUT2D eigenvalue weighted by molar-refractivity contribution is 5.28. The number of rotatable bonds is 8. The van der Waals surface area contributed by atoms with Crippen molar-refractivity contribution < 1.29 is 4.52 Å². The first-order valence-electron chi connectivity index (χ1n) is 8.14. The van der Waals surface area contributed by atoms with Crippen LogP contribution in [0.2, 0.25) is 0 Å². The van der Waals surface area contributed by atoms with Gasteiger partial charge in [-0.05, 0) is 43.8 Å². The largest absolute Gasteiger partial charge is 0.338 e. The van der Waals surface area contributed by atoms with Crippen molar-refractivity contribution in [1.29, 1.82) is 0 Å². The van der Waals surface area contributed by atoms with Gasteiger partial charge in [0, 0.05) is 25.6 Å². The number of piperidine rings is 1. The van der Waals surface area contributed by atoms with Crippen LogP contribution in [0.1, 0.15) is 58.3 Å². The lowest BCUT2D eigenvalue weighted by molar-refractivity contribution is 0.349. The van der Waals surface area contributed by atoms with Crippen LogP contribution in [0.5, 0.6) is 0 Å². The molecule has 2 heterocycles. The van der Waals surface area contributed by atoms with Crippen LogP contribution in [0.25, 0.3) is 0 Å². The van der Waals surface area contributed by atoms with Gasteiger partial charge in [-0.15, -0.1) is 0 Å². The third-order valence-electron chi connectivity index (χ3n) is 3.84. The zero-order valence-corrected chi connectivity index (χ0v) is 12.9. The van der Waals surface area contributed by atoms with Crippen LogP contribution in [-0.2, 0) is 6.42 Å². The Labute approximate surface area is 122 Å². The Morgan fingerprint density at radius 2 is 2.00 bits per heavy atom. The van der Waals surface area contributed by atoms with Gasteiger partial charge < -0.3 is 14.7 Å². The third kappa shape index (κ3) is 4.47. The molecule has 1 unspecified atom stereocenters. The molecular weight excluding hydrogens is 252 g/mol. The summed E-state index contributed by atoms with van der Waals surface area (Å²) in [5.41, 5.74) is 0. The van der Waals surface area contributed by atoms with E-state index in [0.29, 0.717) is 6.04 Å². The lowest BCUT2D eigenvalue weighted by atomic mass is 10.1. The van der Waals surface area contributed by atoms with E-state index in [1.54, 1.807) is 0 Å². The van der Waals surface area contributed by atoms with E-state index < -0.39 is 0 Å². The second-order valence-corrected chi connectivity index (χ2v) is 5.68. The van der Waals surface area contributed by atoms with E-state index in [-0.39, 0.29) is 0 Å². The standard InChI is InChI=1S/C15H28N4O/c1-3-8-13(16-9-4-2)12-14-17-15(18-20-14)19-10-6-5-7-11-19/h13,16H,3-12H2,1-2H3. The van der Waals surface area contributed by atoms with Crippen molar-refractivity contribution in [2.45, 2.75) is 64.8 Å². The minimum atomic E-state index is 0.453. The molecule has 1 aromatic heterocycles. The molecule has 1 aliphatic heterocycles. The summed E-state index contributed by atoms with van der Waals surface area (Å²) < 4.78 is 5.43. The van der Waals surface area contributed by atoms with Crippen LogP contribution >= 0.6 is 0 Å². The Morgan fingerprint density at radius 1 is 1.20 bits per heavy atom. The maximum atomic E-state index is 5.43. The third-order valence-corrected chi connectivity index (χ3v) is 3.84. The quantitative estimate of drug-likeness (QED) is 0.793. The first-order valence-corrected chi connectivity index (χ1v) is 8.14. The van der Waals surface area contributed by atoms with Gasteiger partial charge in [0.05, 0.1) is 0 Å². The summed E-state index contributed by atoms with van der Waals surface area (Å²) in [5.74, 6) is 1.55. The molecule has 1 saturated heterocycles. The molecule has 0 spiro atoms. The van der Waals surface area contributed by atoms with Crippen molar-refractivity contribution in [2.75, 3.05) is 24.5 Å². The summed E-state index contributed by atoms with van der Waals surface area (Å²) in [6.07, 6.45) is 8.12. The monoisotopic (exact) mass is 280 g/mol. The van der Waals surface area contributed by atoms with Crippen molar-refractivity contribution in [2.24, 2.45) is 0 Å². The van der Waals surface area contributed by atoms with E-state index in [1.165, 1.54) is 25.7 Å². The molecule has 0 aromatic carbocycles. The van der Waals surface area contributed by atoms with Crippen molar-refractivity contribution in [3.8, 4) is 0 Å². The Hall–Kier alpha value is -1.10. The average Bonchev–Trinajstić information content (AvgIpc) is 2.94. The second kappa shape index (κ2) is 8.25. The van der Waals surface area contributed by atoms with E-state index >= 15 is 0 Å². The van der Waals surface area contributed by atoms with Gasteiger partial charge in [-0.3, -0.25) is 0 Å². The molecule has 20 heavy (non-hydrogen) atoms. The smallest absolute Gasteiger partial charge is 0.266 e. The van der Waals surface area contributed by atoms with E-state index in [0.717, 1.165) is 50.7 Å². The number of nitrogens with zero attached hydrogens (tertiary/aromatic N) is 3. The molecular formula is C15H28N4O. The van der Waals surface area contributed by atoms with Crippen molar-refractivity contribution in [1.82, 2.24) is 15.5 Å². The SMILES string of the molecule is CCCNC(CCC)Cc1nc(N2CCCCC2)no1. The van der Waals surface area contributed by atoms with Crippen LogP contribution in [-0.4, -0.2) is 35.8 Å². The Balaban J connectivity index is 1.89. The maximum Gasteiger partial charge on any atom is 0.266 e. The van der Waals surface area contributed by atoms with E-state index in [9.17, 15) is 0 Å². The molecule has 114 valence electrons. The van der Waals surface area contributed by atoms with Gasteiger partial charge in [-0.1, -0.05) is 20.3 Å². The first-order chi connectivity index (χ1) is 9.83. The van der Waals surface area contributed by atoms with Gasteiger partial charge in [-0.25, -0.2) is 0 Å². The summed E-state index contributed by atoms with van der Waals surface area (Å²) in [6.45, 7) is 7.58. The van der Waals surface area contributed by atoms with Gasteiger partial charge >= 0.3 is 0 Å². The number of hydrogen-bond acceptors (Lipinski definition) is 5. The Bertz CT molecular complexity index is 374. The number of nitrogens with one attached hydrogen (secondary N) is 1. The predicted octanol–water partition coefficient (Wildman–Crippen LogP) is 2.77. The zero-order valence-electron chi connectivity index (χ0n) is 12.9. The molecule has 1 fully saturated rings. The van der Waals surface area contributed by atoms with Crippen molar-refractivity contribution in [3.05, 3.63) is 5.89 Å². The number of hydrogen-bond donors (Lipinski definition) is 1. The molecule has 2 rings (SSSR count). The van der Waals surface area contributed by atoms with Crippen LogP contribution < -0.4 is 10.2 Å². The maximum absolute atomic E-state index is 5.43. The normalized spacial score (nSPS) is 17.4. The summed E-state index contributed by atoms with van der Waals surface area (Å²) in [5, 5.41) is 7.71. The van der Waals surface area contributed by atoms with E-state index in [4.69, 9.17) is 4.52 Å². The molecule has 1 aliphatic rings. The molecule has 5 nitrogen and oxygen atoms in total.